The topological polar surface area (TPSA) is 38.9 Å². The standard InChI is InChI=1S/C14H6Br2ClIN2O/c15-8-6-9(21-12(8)16)14-19-11(10(18)13(17)20-14)7-4-2-1-3-5-7/h1-6H. The molecule has 0 aliphatic rings. The molecule has 0 bridgehead atoms. The van der Waals surface area contributed by atoms with Crippen molar-refractivity contribution in [2.24, 2.45) is 0 Å². The second-order valence-corrected chi connectivity index (χ2v) is 7.11. The largest absolute Gasteiger partial charge is 0.445 e. The Kier molecular flexibility index (Phi) is 4.68. The molecule has 0 fully saturated rings. The number of aromatic nitrogens is 2. The molecule has 0 radical (unpaired) electrons. The molecule has 0 aliphatic heterocycles. The van der Waals surface area contributed by atoms with E-state index in [0.29, 0.717) is 21.4 Å². The van der Waals surface area contributed by atoms with E-state index < -0.39 is 0 Å². The van der Waals surface area contributed by atoms with Gasteiger partial charge in [0.25, 0.3) is 0 Å². The molecular weight excluding hydrogens is 534 g/mol. The number of nitrogens with zero attached hydrogens (tertiary/aromatic N) is 2. The van der Waals surface area contributed by atoms with Crippen molar-refractivity contribution in [2.75, 3.05) is 0 Å². The summed E-state index contributed by atoms with van der Waals surface area (Å²) in [5, 5.41) is 0.406. The van der Waals surface area contributed by atoms with Crippen molar-refractivity contribution in [1.29, 1.82) is 0 Å². The zero-order valence-electron chi connectivity index (χ0n) is 10.3. The molecule has 0 aliphatic carbocycles. The minimum Gasteiger partial charge on any atom is -0.445 e. The van der Waals surface area contributed by atoms with Gasteiger partial charge in [-0.3, -0.25) is 0 Å². The van der Waals surface area contributed by atoms with E-state index in [0.717, 1.165) is 19.3 Å². The van der Waals surface area contributed by atoms with Crippen molar-refractivity contribution in [2.45, 2.75) is 0 Å². The Morgan fingerprint density at radius 1 is 1.10 bits per heavy atom. The summed E-state index contributed by atoms with van der Waals surface area (Å²) in [6.45, 7) is 0. The van der Waals surface area contributed by atoms with E-state index in [1.807, 2.05) is 30.3 Å². The van der Waals surface area contributed by atoms with Crippen molar-refractivity contribution in [3.8, 4) is 22.8 Å². The molecular formula is C14H6Br2ClIN2O. The molecule has 0 unspecified atom stereocenters. The molecule has 0 atom stereocenters. The van der Waals surface area contributed by atoms with Crippen LogP contribution in [0.25, 0.3) is 22.8 Å². The average molecular weight is 540 g/mol. The van der Waals surface area contributed by atoms with Gasteiger partial charge in [-0.1, -0.05) is 41.9 Å². The predicted octanol–water partition coefficient (Wildman–Crippen LogP) is 6.19. The van der Waals surface area contributed by atoms with E-state index in [1.54, 1.807) is 6.07 Å². The quantitative estimate of drug-likeness (QED) is 0.288. The van der Waals surface area contributed by atoms with Crippen LogP contribution >= 0.6 is 66.1 Å². The molecule has 0 amide bonds. The highest BCUT2D eigenvalue weighted by Crippen LogP contribution is 2.34. The summed E-state index contributed by atoms with van der Waals surface area (Å²) in [4.78, 5) is 8.88. The summed E-state index contributed by atoms with van der Waals surface area (Å²) >= 11 is 15.1. The van der Waals surface area contributed by atoms with Gasteiger partial charge in [-0.15, -0.1) is 0 Å². The number of rotatable bonds is 2. The molecule has 1 aromatic carbocycles. The fourth-order valence-electron chi connectivity index (χ4n) is 1.77. The highest BCUT2D eigenvalue weighted by molar-refractivity contribution is 14.1. The Labute approximate surface area is 156 Å². The predicted molar refractivity (Wildman–Crippen MR) is 98.3 cm³/mol. The number of hydrogen-bond acceptors (Lipinski definition) is 3. The van der Waals surface area contributed by atoms with E-state index in [4.69, 9.17) is 16.0 Å². The van der Waals surface area contributed by atoms with Crippen LogP contribution in [0.2, 0.25) is 5.15 Å². The van der Waals surface area contributed by atoms with Crippen molar-refractivity contribution < 1.29 is 4.42 Å². The monoisotopic (exact) mass is 538 g/mol. The van der Waals surface area contributed by atoms with Crippen LogP contribution in [0.1, 0.15) is 0 Å². The van der Waals surface area contributed by atoms with E-state index in [9.17, 15) is 0 Å². The molecule has 2 aromatic heterocycles. The Morgan fingerprint density at radius 2 is 1.81 bits per heavy atom. The van der Waals surface area contributed by atoms with Gasteiger partial charge in [-0.2, -0.15) is 0 Å². The van der Waals surface area contributed by atoms with Crippen LogP contribution in [-0.2, 0) is 0 Å². The lowest BCUT2D eigenvalue weighted by atomic mass is 10.1. The first-order valence-electron chi connectivity index (χ1n) is 5.80. The van der Waals surface area contributed by atoms with E-state index in [-0.39, 0.29) is 0 Å². The number of benzene rings is 1. The van der Waals surface area contributed by atoms with Gasteiger partial charge < -0.3 is 4.42 Å². The van der Waals surface area contributed by atoms with Gasteiger partial charge in [0, 0.05) is 11.6 Å². The highest BCUT2D eigenvalue weighted by Gasteiger charge is 2.17. The van der Waals surface area contributed by atoms with Crippen LogP contribution < -0.4 is 0 Å². The van der Waals surface area contributed by atoms with Crippen molar-refractivity contribution in [3.05, 3.63) is 54.3 Å². The van der Waals surface area contributed by atoms with Gasteiger partial charge >= 0.3 is 0 Å². The van der Waals surface area contributed by atoms with Crippen LogP contribution in [-0.4, -0.2) is 9.97 Å². The van der Waals surface area contributed by atoms with Gasteiger partial charge in [0.1, 0.15) is 5.15 Å². The first-order valence-corrected chi connectivity index (χ1v) is 8.84. The second-order valence-electron chi connectivity index (χ2n) is 4.10. The van der Waals surface area contributed by atoms with E-state index >= 15 is 0 Å². The summed E-state index contributed by atoms with van der Waals surface area (Å²) < 4.78 is 7.78. The Morgan fingerprint density at radius 3 is 2.43 bits per heavy atom. The van der Waals surface area contributed by atoms with Gasteiger partial charge in [-0.05, 0) is 54.5 Å². The van der Waals surface area contributed by atoms with Crippen LogP contribution in [0.15, 0.2) is 50.0 Å². The molecule has 0 saturated carbocycles. The van der Waals surface area contributed by atoms with Gasteiger partial charge in [-0.25, -0.2) is 9.97 Å². The Balaban J connectivity index is 2.18. The number of halogens is 4. The summed E-state index contributed by atoms with van der Waals surface area (Å²) in [7, 11) is 0. The molecule has 0 N–H and O–H groups in total. The SMILES string of the molecule is Clc1nc(-c2cc(Br)c(Br)o2)nc(-c2ccccc2)c1I. The highest BCUT2D eigenvalue weighted by atomic mass is 127. The Bertz CT molecular complexity index is 789. The normalized spacial score (nSPS) is 10.9. The first kappa shape index (κ1) is 15.5. The lowest BCUT2D eigenvalue weighted by Crippen LogP contribution is -1.96. The summed E-state index contributed by atoms with van der Waals surface area (Å²) in [6.07, 6.45) is 0. The smallest absolute Gasteiger partial charge is 0.197 e. The van der Waals surface area contributed by atoms with Crippen molar-refractivity contribution in [3.63, 3.8) is 0 Å². The maximum atomic E-state index is 6.24. The van der Waals surface area contributed by atoms with Crippen molar-refractivity contribution in [1.82, 2.24) is 9.97 Å². The number of hydrogen-bond donors (Lipinski definition) is 0. The van der Waals surface area contributed by atoms with E-state index in [2.05, 4.69) is 64.4 Å². The molecule has 3 rings (SSSR count). The second kappa shape index (κ2) is 6.36. The summed E-state index contributed by atoms with van der Waals surface area (Å²) in [6, 6.07) is 11.7. The molecule has 0 spiro atoms. The van der Waals surface area contributed by atoms with Gasteiger partial charge in [0.05, 0.1) is 13.7 Å². The van der Waals surface area contributed by atoms with Crippen LogP contribution in [0.4, 0.5) is 0 Å². The third-order valence-electron chi connectivity index (χ3n) is 2.72. The van der Waals surface area contributed by atoms with Crippen LogP contribution in [0, 0.1) is 3.57 Å². The first-order chi connectivity index (χ1) is 10.1. The zero-order chi connectivity index (χ0) is 15.0. The summed E-state index contributed by atoms with van der Waals surface area (Å²) in [5.41, 5.74) is 1.77. The third-order valence-corrected chi connectivity index (χ3v) is 6.05. The molecule has 0 saturated heterocycles. The third kappa shape index (κ3) is 3.18. The van der Waals surface area contributed by atoms with Crippen molar-refractivity contribution >= 4 is 66.1 Å². The summed E-state index contributed by atoms with van der Waals surface area (Å²) in [5.74, 6) is 0.995. The molecule has 21 heavy (non-hydrogen) atoms. The zero-order valence-corrected chi connectivity index (χ0v) is 16.4. The average Bonchev–Trinajstić information content (AvgIpc) is 2.82. The lowest BCUT2D eigenvalue weighted by Gasteiger charge is -2.07. The lowest BCUT2D eigenvalue weighted by molar-refractivity contribution is 0.549. The Hall–Kier alpha value is -0.440. The van der Waals surface area contributed by atoms with Gasteiger partial charge in [0.15, 0.2) is 16.3 Å². The molecule has 106 valence electrons. The minimum absolute atomic E-state index is 0.406. The van der Waals surface area contributed by atoms with Crippen LogP contribution in [0.3, 0.4) is 0 Å². The molecule has 7 heteroatoms. The molecule has 2 heterocycles. The number of furan rings is 1. The maximum Gasteiger partial charge on any atom is 0.197 e. The minimum atomic E-state index is 0.406. The van der Waals surface area contributed by atoms with E-state index in [1.165, 1.54) is 0 Å². The van der Waals surface area contributed by atoms with Crippen LogP contribution in [0.5, 0.6) is 0 Å². The van der Waals surface area contributed by atoms with Gasteiger partial charge in [0.2, 0.25) is 0 Å². The fourth-order valence-corrected chi connectivity index (χ4v) is 3.07. The maximum absolute atomic E-state index is 6.24. The molecule has 3 nitrogen and oxygen atoms in total. The molecule has 3 aromatic rings. The fraction of sp³-hybridized carbons (Fsp3) is 0.